The molecule has 0 saturated carbocycles. The van der Waals surface area contributed by atoms with E-state index in [-0.39, 0.29) is 12.0 Å². The molecular formula is C9H12N2O3. The summed E-state index contributed by atoms with van der Waals surface area (Å²) in [5, 5.41) is 12.8. The minimum Gasteiger partial charge on any atom is -0.481 e. The molecule has 2 atom stereocenters. The van der Waals surface area contributed by atoms with E-state index in [1.165, 1.54) is 0 Å². The molecule has 1 saturated heterocycles. The number of carbonyl (C=O) groups is 1. The van der Waals surface area contributed by atoms with E-state index in [4.69, 9.17) is 9.84 Å². The van der Waals surface area contributed by atoms with Crippen molar-refractivity contribution in [2.24, 2.45) is 5.92 Å². The lowest BCUT2D eigenvalue weighted by Gasteiger charge is -2.08. The predicted octanol–water partition coefficient (Wildman–Crippen LogP) is 0.373. The minimum absolute atomic E-state index is 0.0176. The molecule has 0 aromatic carbocycles. The van der Waals surface area contributed by atoms with Gasteiger partial charge in [0.05, 0.1) is 25.2 Å². The van der Waals surface area contributed by atoms with E-state index in [2.05, 4.69) is 5.10 Å². The molecule has 5 nitrogen and oxygen atoms in total. The van der Waals surface area contributed by atoms with Crippen molar-refractivity contribution in [2.75, 3.05) is 6.61 Å². The molecule has 1 fully saturated rings. The Bertz CT molecular complexity index is 310. The molecule has 14 heavy (non-hydrogen) atoms. The highest BCUT2D eigenvalue weighted by molar-refractivity contribution is 5.70. The Hall–Kier alpha value is -1.36. The molecule has 0 radical (unpaired) electrons. The first-order chi connectivity index (χ1) is 6.75. The Morgan fingerprint density at radius 3 is 3.14 bits per heavy atom. The first-order valence-electron chi connectivity index (χ1n) is 4.57. The molecular weight excluding hydrogens is 184 g/mol. The zero-order chi connectivity index (χ0) is 9.97. The second-order valence-corrected chi connectivity index (χ2v) is 3.45. The Morgan fingerprint density at radius 1 is 1.71 bits per heavy atom. The molecule has 1 aromatic heterocycles. The summed E-state index contributed by atoms with van der Waals surface area (Å²) in [6, 6.07) is 1.84. The van der Waals surface area contributed by atoms with Crippen LogP contribution in [-0.2, 0) is 16.1 Å². The molecule has 0 aliphatic carbocycles. The SMILES string of the molecule is O=C(O)C1COC(Cn2cccn2)C1. The minimum atomic E-state index is -0.770. The van der Waals surface area contributed by atoms with Crippen LogP contribution < -0.4 is 0 Å². The van der Waals surface area contributed by atoms with Gasteiger partial charge >= 0.3 is 5.97 Å². The van der Waals surface area contributed by atoms with Gasteiger partial charge in [-0.1, -0.05) is 0 Å². The van der Waals surface area contributed by atoms with Crippen LogP contribution in [0.4, 0.5) is 0 Å². The molecule has 0 spiro atoms. The fourth-order valence-electron chi connectivity index (χ4n) is 1.62. The van der Waals surface area contributed by atoms with Gasteiger partial charge in [-0.15, -0.1) is 0 Å². The van der Waals surface area contributed by atoms with Gasteiger partial charge in [0.1, 0.15) is 0 Å². The maximum atomic E-state index is 10.6. The van der Waals surface area contributed by atoms with Gasteiger partial charge in [0, 0.05) is 12.4 Å². The van der Waals surface area contributed by atoms with E-state index in [1.54, 1.807) is 10.9 Å². The Balaban J connectivity index is 1.87. The van der Waals surface area contributed by atoms with Crippen LogP contribution >= 0.6 is 0 Å². The van der Waals surface area contributed by atoms with Crippen LogP contribution in [0, 0.1) is 5.92 Å². The van der Waals surface area contributed by atoms with Crippen molar-refractivity contribution < 1.29 is 14.6 Å². The van der Waals surface area contributed by atoms with Gasteiger partial charge in [-0.3, -0.25) is 9.48 Å². The van der Waals surface area contributed by atoms with E-state index in [1.807, 2.05) is 12.3 Å². The van der Waals surface area contributed by atoms with E-state index < -0.39 is 5.97 Å². The average molecular weight is 196 g/mol. The molecule has 5 heteroatoms. The summed E-state index contributed by atoms with van der Waals surface area (Å²) in [5.74, 6) is -1.12. The van der Waals surface area contributed by atoms with Gasteiger partial charge in [-0.05, 0) is 12.5 Å². The van der Waals surface area contributed by atoms with Gasteiger partial charge in [-0.2, -0.15) is 5.10 Å². The van der Waals surface area contributed by atoms with Crippen LogP contribution in [0.25, 0.3) is 0 Å². The highest BCUT2D eigenvalue weighted by Crippen LogP contribution is 2.20. The predicted molar refractivity (Wildman–Crippen MR) is 47.7 cm³/mol. The molecule has 1 aromatic rings. The van der Waals surface area contributed by atoms with Crippen molar-refractivity contribution in [1.29, 1.82) is 0 Å². The van der Waals surface area contributed by atoms with Crippen molar-refractivity contribution in [3.05, 3.63) is 18.5 Å². The average Bonchev–Trinajstić information content (AvgIpc) is 2.75. The molecule has 76 valence electrons. The van der Waals surface area contributed by atoms with Crippen molar-refractivity contribution in [2.45, 2.75) is 19.1 Å². The number of hydrogen-bond acceptors (Lipinski definition) is 3. The molecule has 0 bridgehead atoms. The molecule has 0 amide bonds. The maximum absolute atomic E-state index is 10.6. The summed E-state index contributed by atoms with van der Waals surface area (Å²) in [4.78, 5) is 10.6. The maximum Gasteiger partial charge on any atom is 0.308 e. The lowest BCUT2D eigenvalue weighted by atomic mass is 10.1. The van der Waals surface area contributed by atoms with E-state index in [0.717, 1.165) is 0 Å². The Kier molecular flexibility index (Phi) is 2.49. The molecule has 2 unspecified atom stereocenters. The van der Waals surface area contributed by atoms with Gasteiger partial charge in [0.25, 0.3) is 0 Å². The van der Waals surface area contributed by atoms with Crippen molar-refractivity contribution >= 4 is 5.97 Å². The number of aromatic nitrogens is 2. The summed E-state index contributed by atoms with van der Waals surface area (Å²) in [6.07, 6.45) is 4.10. The number of carboxylic acids is 1. The third-order valence-corrected chi connectivity index (χ3v) is 2.38. The monoisotopic (exact) mass is 196 g/mol. The smallest absolute Gasteiger partial charge is 0.308 e. The van der Waals surface area contributed by atoms with Crippen LogP contribution in [0.15, 0.2) is 18.5 Å². The summed E-state index contributed by atoms with van der Waals surface area (Å²) in [6.45, 7) is 0.956. The second-order valence-electron chi connectivity index (χ2n) is 3.45. The van der Waals surface area contributed by atoms with Crippen molar-refractivity contribution in [3.63, 3.8) is 0 Å². The zero-order valence-electron chi connectivity index (χ0n) is 7.67. The van der Waals surface area contributed by atoms with Gasteiger partial charge in [0.2, 0.25) is 0 Å². The fraction of sp³-hybridized carbons (Fsp3) is 0.556. The largest absolute Gasteiger partial charge is 0.481 e. The lowest BCUT2D eigenvalue weighted by Crippen LogP contribution is -2.17. The Morgan fingerprint density at radius 2 is 2.57 bits per heavy atom. The van der Waals surface area contributed by atoms with Crippen LogP contribution in [0.3, 0.4) is 0 Å². The van der Waals surface area contributed by atoms with Crippen molar-refractivity contribution in [1.82, 2.24) is 9.78 Å². The van der Waals surface area contributed by atoms with Crippen molar-refractivity contribution in [3.8, 4) is 0 Å². The molecule has 1 aliphatic rings. The zero-order valence-corrected chi connectivity index (χ0v) is 7.67. The first kappa shape index (κ1) is 9.21. The number of nitrogens with zero attached hydrogens (tertiary/aromatic N) is 2. The molecule has 1 N–H and O–H groups in total. The summed E-state index contributed by atoms with van der Waals surface area (Å²) >= 11 is 0. The van der Waals surface area contributed by atoms with Gasteiger partial charge in [-0.25, -0.2) is 0 Å². The van der Waals surface area contributed by atoms with Crippen LogP contribution in [0.2, 0.25) is 0 Å². The molecule has 2 heterocycles. The fourth-order valence-corrected chi connectivity index (χ4v) is 1.62. The van der Waals surface area contributed by atoms with Gasteiger partial charge in [0.15, 0.2) is 0 Å². The second kappa shape index (κ2) is 3.79. The number of rotatable bonds is 3. The quantitative estimate of drug-likeness (QED) is 0.758. The first-order valence-corrected chi connectivity index (χ1v) is 4.57. The third kappa shape index (κ3) is 1.93. The highest BCUT2D eigenvalue weighted by atomic mass is 16.5. The number of carboxylic acid groups (broad SMARTS) is 1. The summed E-state index contributed by atoms with van der Waals surface area (Å²) < 4.78 is 7.12. The number of hydrogen-bond donors (Lipinski definition) is 1. The van der Waals surface area contributed by atoms with Gasteiger partial charge < -0.3 is 9.84 Å². The summed E-state index contributed by atoms with van der Waals surface area (Å²) in [5.41, 5.74) is 0. The van der Waals surface area contributed by atoms with Crippen LogP contribution in [0.1, 0.15) is 6.42 Å². The molecule has 1 aliphatic heterocycles. The standard InChI is InChI=1S/C9H12N2O3/c12-9(13)7-4-8(14-6-7)5-11-3-1-2-10-11/h1-3,7-8H,4-6H2,(H,12,13). The van der Waals surface area contributed by atoms with E-state index >= 15 is 0 Å². The van der Waals surface area contributed by atoms with Crippen LogP contribution in [0.5, 0.6) is 0 Å². The number of aliphatic carboxylic acids is 1. The Labute approximate surface area is 81.3 Å². The highest BCUT2D eigenvalue weighted by Gasteiger charge is 2.30. The van der Waals surface area contributed by atoms with E-state index in [9.17, 15) is 4.79 Å². The normalized spacial score (nSPS) is 26.6. The third-order valence-electron chi connectivity index (χ3n) is 2.38. The topological polar surface area (TPSA) is 64.3 Å². The summed E-state index contributed by atoms with van der Waals surface area (Å²) in [7, 11) is 0. The molecule has 2 rings (SSSR count). The van der Waals surface area contributed by atoms with E-state index in [0.29, 0.717) is 19.6 Å². The van der Waals surface area contributed by atoms with Crippen LogP contribution in [-0.4, -0.2) is 33.6 Å². The number of ether oxygens (including phenoxy) is 1. The lowest BCUT2D eigenvalue weighted by molar-refractivity contribution is -0.141.